The highest BCUT2D eigenvalue weighted by atomic mass is 79.9. The van der Waals surface area contributed by atoms with Crippen LogP contribution in [0.2, 0.25) is 0 Å². The lowest BCUT2D eigenvalue weighted by atomic mass is 10.2. The highest BCUT2D eigenvalue weighted by Crippen LogP contribution is 2.20. The summed E-state index contributed by atoms with van der Waals surface area (Å²) in [7, 11) is 1.65. The quantitative estimate of drug-likeness (QED) is 0.901. The van der Waals surface area contributed by atoms with E-state index in [0.717, 1.165) is 23.4 Å². The fraction of sp³-hybridized carbons (Fsp3) is 0.200. The fourth-order valence-corrected chi connectivity index (χ4v) is 2.17. The van der Waals surface area contributed by atoms with Crippen LogP contribution in [0, 0.1) is 5.82 Å². The summed E-state index contributed by atoms with van der Waals surface area (Å²) in [5, 5.41) is 3.29. The van der Waals surface area contributed by atoms with Crippen molar-refractivity contribution in [2.75, 3.05) is 7.11 Å². The van der Waals surface area contributed by atoms with E-state index in [4.69, 9.17) is 4.74 Å². The molecule has 0 aliphatic rings. The largest absolute Gasteiger partial charge is 0.497 e. The van der Waals surface area contributed by atoms with Gasteiger partial charge < -0.3 is 10.1 Å². The summed E-state index contributed by atoms with van der Waals surface area (Å²) in [6.45, 7) is 1.34. The molecule has 2 rings (SSSR count). The van der Waals surface area contributed by atoms with E-state index in [1.54, 1.807) is 13.2 Å². The fourth-order valence-electron chi connectivity index (χ4n) is 1.77. The van der Waals surface area contributed by atoms with E-state index in [2.05, 4.69) is 21.2 Å². The predicted molar refractivity (Wildman–Crippen MR) is 77.6 cm³/mol. The minimum atomic E-state index is -0.233. The van der Waals surface area contributed by atoms with Crippen LogP contribution in [0.4, 0.5) is 4.39 Å². The van der Waals surface area contributed by atoms with Crippen molar-refractivity contribution >= 4 is 15.9 Å². The number of nitrogens with one attached hydrogen (secondary N) is 1. The van der Waals surface area contributed by atoms with Crippen LogP contribution in [0.3, 0.4) is 0 Å². The highest BCUT2D eigenvalue weighted by molar-refractivity contribution is 9.10. The minimum absolute atomic E-state index is 0.233. The van der Waals surface area contributed by atoms with E-state index in [1.165, 1.54) is 6.07 Å². The van der Waals surface area contributed by atoms with Crippen molar-refractivity contribution in [3.63, 3.8) is 0 Å². The summed E-state index contributed by atoms with van der Waals surface area (Å²) in [5.41, 5.74) is 2.07. The molecule has 2 nitrogen and oxygen atoms in total. The summed E-state index contributed by atoms with van der Waals surface area (Å²) in [6.07, 6.45) is 0. The standard InChI is InChI=1S/C15H15BrFNO/c1-19-13-7-5-11(6-8-13)9-18-10-12-3-2-4-14(17)15(12)16/h2-8,18H,9-10H2,1H3. The van der Waals surface area contributed by atoms with Crippen LogP contribution in [-0.4, -0.2) is 7.11 Å². The maximum Gasteiger partial charge on any atom is 0.137 e. The van der Waals surface area contributed by atoms with Crippen LogP contribution in [0.25, 0.3) is 0 Å². The third-order valence-corrected chi connectivity index (χ3v) is 3.72. The van der Waals surface area contributed by atoms with Crippen molar-refractivity contribution < 1.29 is 9.13 Å². The number of hydrogen-bond acceptors (Lipinski definition) is 2. The average molecular weight is 324 g/mol. The summed E-state index contributed by atoms with van der Waals surface area (Å²) in [6, 6.07) is 12.9. The van der Waals surface area contributed by atoms with Crippen LogP contribution < -0.4 is 10.1 Å². The van der Waals surface area contributed by atoms with Gasteiger partial charge in [-0.3, -0.25) is 0 Å². The van der Waals surface area contributed by atoms with Crippen LogP contribution in [0.1, 0.15) is 11.1 Å². The van der Waals surface area contributed by atoms with Gasteiger partial charge in [-0.2, -0.15) is 0 Å². The molecular weight excluding hydrogens is 309 g/mol. The molecule has 0 aromatic heterocycles. The van der Waals surface area contributed by atoms with Crippen molar-refractivity contribution in [1.82, 2.24) is 5.32 Å². The van der Waals surface area contributed by atoms with Crippen LogP contribution in [-0.2, 0) is 13.1 Å². The zero-order valence-electron chi connectivity index (χ0n) is 10.6. The molecule has 0 radical (unpaired) electrons. The van der Waals surface area contributed by atoms with Crippen molar-refractivity contribution in [2.45, 2.75) is 13.1 Å². The number of methoxy groups -OCH3 is 1. The molecule has 0 spiro atoms. The van der Waals surface area contributed by atoms with Crippen molar-refractivity contribution in [2.24, 2.45) is 0 Å². The van der Waals surface area contributed by atoms with E-state index in [0.29, 0.717) is 11.0 Å². The second-order valence-electron chi connectivity index (χ2n) is 4.16. The van der Waals surface area contributed by atoms with Gasteiger partial charge in [0.2, 0.25) is 0 Å². The average Bonchev–Trinajstić information content (AvgIpc) is 2.44. The molecular formula is C15H15BrFNO. The van der Waals surface area contributed by atoms with Crippen LogP contribution >= 0.6 is 15.9 Å². The summed E-state index contributed by atoms with van der Waals surface area (Å²) in [4.78, 5) is 0. The molecule has 0 unspecified atom stereocenters. The Morgan fingerprint density at radius 1 is 1.11 bits per heavy atom. The van der Waals surface area contributed by atoms with Crippen LogP contribution in [0.5, 0.6) is 5.75 Å². The Bertz CT molecular complexity index is 542. The first-order chi connectivity index (χ1) is 9.20. The number of benzene rings is 2. The first-order valence-electron chi connectivity index (χ1n) is 5.97. The molecule has 2 aromatic rings. The Balaban J connectivity index is 1.90. The predicted octanol–water partition coefficient (Wildman–Crippen LogP) is 3.89. The first kappa shape index (κ1) is 14.0. The Labute approximate surface area is 120 Å². The summed E-state index contributed by atoms with van der Waals surface area (Å²) >= 11 is 3.25. The molecule has 0 heterocycles. The van der Waals surface area contributed by atoms with Gasteiger partial charge >= 0.3 is 0 Å². The molecule has 1 N–H and O–H groups in total. The molecule has 100 valence electrons. The Morgan fingerprint density at radius 2 is 1.84 bits per heavy atom. The molecule has 0 fully saturated rings. The Kier molecular flexibility index (Phi) is 4.93. The highest BCUT2D eigenvalue weighted by Gasteiger charge is 2.04. The van der Waals surface area contributed by atoms with Gasteiger partial charge in [0.1, 0.15) is 11.6 Å². The summed E-state index contributed by atoms with van der Waals surface area (Å²) < 4.78 is 19.0. The molecule has 0 aliphatic carbocycles. The number of hydrogen-bond donors (Lipinski definition) is 1. The smallest absolute Gasteiger partial charge is 0.137 e. The third-order valence-electron chi connectivity index (χ3n) is 2.84. The molecule has 0 atom stereocenters. The van der Waals surface area contributed by atoms with Crippen LogP contribution in [0.15, 0.2) is 46.9 Å². The molecule has 19 heavy (non-hydrogen) atoms. The third kappa shape index (κ3) is 3.78. The molecule has 0 bridgehead atoms. The van der Waals surface area contributed by atoms with E-state index in [1.807, 2.05) is 30.3 Å². The van der Waals surface area contributed by atoms with E-state index >= 15 is 0 Å². The number of rotatable bonds is 5. The maximum atomic E-state index is 13.3. The maximum absolute atomic E-state index is 13.3. The zero-order chi connectivity index (χ0) is 13.7. The molecule has 0 amide bonds. The van der Waals surface area contributed by atoms with Gasteiger partial charge in [-0.1, -0.05) is 24.3 Å². The Morgan fingerprint density at radius 3 is 2.53 bits per heavy atom. The normalized spacial score (nSPS) is 10.5. The number of halogens is 2. The second kappa shape index (κ2) is 6.68. The van der Waals surface area contributed by atoms with Gasteiger partial charge in [-0.05, 0) is 45.3 Å². The van der Waals surface area contributed by atoms with Gasteiger partial charge in [0.25, 0.3) is 0 Å². The zero-order valence-corrected chi connectivity index (χ0v) is 12.2. The van der Waals surface area contributed by atoms with E-state index in [9.17, 15) is 4.39 Å². The first-order valence-corrected chi connectivity index (χ1v) is 6.76. The van der Waals surface area contributed by atoms with Gasteiger partial charge in [-0.15, -0.1) is 0 Å². The lowest BCUT2D eigenvalue weighted by molar-refractivity contribution is 0.414. The Hall–Kier alpha value is -1.39. The SMILES string of the molecule is COc1ccc(CNCc2cccc(F)c2Br)cc1. The molecule has 0 aliphatic heterocycles. The van der Waals surface area contributed by atoms with Gasteiger partial charge in [0.15, 0.2) is 0 Å². The summed E-state index contributed by atoms with van der Waals surface area (Å²) in [5.74, 6) is 0.611. The second-order valence-corrected chi connectivity index (χ2v) is 4.96. The lowest BCUT2D eigenvalue weighted by Crippen LogP contribution is -2.13. The monoisotopic (exact) mass is 323 g/mol. The molecule has 0 saturated carbocycles. The van der Waals surface area contributed by atoms with Gasteiger partial charge in [-0.25, -0.2) is 4.39 Å². The number of ether oxygens (including phenoxy) is 1. The van der Waals surface area contributed by atoms with Crippen molar-refractivity contribution in [1.29, 1.82) is 0 Å². The lowest BCUT2D eigenvalue weighted by Gasteiger charge is -2.08. The van der Waals surface area contributed by atoms with Crippen molar-refractivity contribution in [3.05, 3.63) is 63.9 Å². The molecule has 2 aromatic carbocycles. The van der Waals surface area contributed by atoms with E-state index < -0.39 is 0 Å². The topological polar surface area (TPSA) is 21.3 Å². The minimum Gasteiger partial charge on any atom is -0.497 e. The van der Waals surface area contributed by atoms with Crippen molar-refractivity contribution in [3.8, 4) is 5.75 Å². The van der Waals surface area contributed by atoms with Gasteiger partial charge in [0, 0.05) is 13.1 Å². The van der Waals surface area contributed by atoms with Gasteiger partial charge in [0.05, 0.1) is 11.6 Å². The van der Waals surface area contributed by atoms with E-state index in [-0.39, 0.29) is 5.82 Å². The molecule has 4 heteroatoms. The molecule has 0 saturated heterocycles.